The summed E-state index contributed by atoms with van der Waals surface area (Å²) in [6.45, 7) is 9.11. The van der Waals surface area contributed by atoms with Crippen LogP contribution in [0.25, 0.3) is 11.0 Å². The average molecular weight is 492 g/mol. The molecule has 2 aromatic carbocycles. The lowest BCUT2D eigenvalue weighted by Gasteiger charge is -2.19. The van der Waals surface area contributed by atoms with Gasteiger partial charge in [0, 0.05) is 6.07 Å². The van der Waals surface area contributed by atoms with Crippen LogP contribution in [0.5, 0.6) is 17.2 Å². The van der Waals surface area contributed by atoms with Crippen LogP contribution in [0.15, 0.2) is 51.7 Å². The summed E-state index contributed by atoms with van der Waals surface area (Å²) in [7, 11) is 0. The Morgan fingerprint density at radius 1 is 1.03 bits per heavy atom. The summed E-state index contributed by atoms with van der Waals surface area (Å²) >= 11 is 0. The lowest BCUT2D eigenvalue weighted by atomic mass is 9.87. The maximum absolute atomic E-state index is 13.8. The molecule has 0 N–H and O–H groups in total. The van der Waals surface area contributed by atoms with Crippen molar-refractivity contribution in [2.24, 2.45) is 0 Å². The number of halogens is 3. The second-order valence-electron chi connectivity index (χ2n) is 9.12. The molecule has 0 fully saturated rings. The van der Waals surface area contributed by atoms with Crippen molar-refractivity contribution in [2.75, 3.05) is 6.61 Å². The highest BCUT2D eigenvalue weighted by atomic mass is 19.4. The largest absolute Gasteiger partial charge is 0.482 e. The van der Waals surface area contributed by atoms with Crippen LogP contribution in [-0.4, -0.2) is 18.7 Å². The number of fused-ring (bicyclic) bond motifs is 1. The molecule has 6 nitrogen and oxygen atoms in total. The van der Waals surface area contributed by atoms with Gasteiger partial charge in [-0.1, -0.05) is 39.8 Å². The molecule has 0 saturated heterocycles. The van der Waals surface area contributed by atoms with Crippen LogP contribution in [0, 0.1) is 0 Å². The fraction of sp³-hybridized carbons (Fsp3) is 0.385. The zero-order valence-electron chi connectivity index (χ0n) is 20.1. The summed E-state index contributed by atoms with van der Waals surface area (Å²) < 4.78 is 62.2. The van der Waals surface area contributed by atoms with Crippen molar-refractivity contribution in [2.45, 2.75) is 58.7 Å². The number of hydrogen-bond acceptors (Lipinski definition) is 6. The third-order valence-electron chi connectivity index (χ3n) is 5.28. The van der Waals surface area contributed by atoms with E-state index in [2.05, 4.69) is 0 Å². The number of carbonyl (C=O) groups excluding carboxylic acids is 1. The van der Waals surface area contributed by atoms with E-state index in [1.807, 2.05) is 27.7 Å². The second-order valence-corrected chi connectivity index (χ2v) is 9.12. The van der Waals surface area contributed by atoms with Gasteiger partial charge in [-0.2, -0.15) is 13.2 Å². The Hall–Kier alpha value is -3.49. The van der Waals surface area contributed by atoms with Gasteiger partial charge in [-0.25, -0.2) is 4.79 Å². The Kier molecular flexibility index (Phi) is 7.47. The van der Waals surface area contributed by atoms with Crippen molar-refractivity contribution >= 4 is 16.9 Å². The molecule has 35 heavy (non-hydrogen) atoms. The highest BCUT2D eigenvalue weighted by Gasteiger charge is 2.40. The van der Waals surface area contributed by atoms with E-state index in [0.29, 0.717) is 6.42 Å². The fourth-order valence-corrected chi connectivity index (χ4v) is 3.15. The number of alkyl halides is 3. The first-order valence-corrected chi connectivity index (χ1v) is 11.1. The minimum Gasteiger partial charge on any atom is -0.482 e. The van der Waals surface area contributed by atoms with E-state index in [-0.39, 0.29) is 34.0 Å². The zero-order valence-corrected chi connectivity index (χ0v) is 20.1. The Morgan fingerprint density at radius 2 is 1.66 bits per heavy atom. The van der Waals surface area contributed by atoms with Gasteiger partial charge in [0.1, 0.15) is 17.1 Å². The standard InChI is InChI=1S/C26H27F3O6/c1-6-15(2)33-21(30)14-32-18-11-12-19-20(13-18)35-24(26(27,28)29)23(22(19)31)34-17-9-7-16(8-10-17)25(3,4)5/h7-13,15H,6,14H2,1-5H3. The third kappa shape index (κ3) is 6.35. The molecule has 0 radical (unpaired) electrons. The van der Waals surface area contributed by atoms with E-state index in [4.69, 9.17) is 18.6 Å². The SMILES string of the molecule is CCC(C)OC(=O)COc1ccc2c(=O)c(Oc3ccc(C(C)(C)C)cc3)c(C(F)(F)F)oc2c1. The van der Waals surface area contributed by atoms with Gasteiger partial charge in [-0.3, -0.25) is 4.79 Å². The summed E-state index contributed by atoms with van der Waals surface area (Å²) in [5, 5.41) is -0.131. The van der Waals surface area contributed by atoms with E-state index in [0.717, 1.165) is 11.6 Å². The number of esters is 1. The Balaban J connectivity index is 1.94. The van der Waals surface area contributed by atoms with Crippen molar-refractivity contribution in [1.82, 2.24) is 0 Å². The van der Waals surface area contributed by atoms with Crippen molar-refractivity contribution in [3.8, 4) is 17.2 Å². The highest BCUT2D eigenvalue weighted by molar-refractivity contribution is 5.80. The molecule has 0 spiro atoms. The van der Waals surface area contributed by atoms with Crippen LogP contribution < -0.4 is 14.9 Å². The highest BCUT2D eigenvalue weighted by Crippen LogP contribution is 2.39. The quantitative estimate of drug-likeness (QED) is 0.345. The normalized spacial score (nSPS) is 12.9. The predicted molar refractivity (Wildman–Crippen MR) is 124 cm³/mol. The van der Waals surface area contributed by atoms with Gasteiger partial charge >= 0.3 is 12.1 Å². The fourth-order valence-electron chi connectivity index (χ4n) is 3.15. The van der Waals surface area contributed by atoms with Crippen molar-refractivity contribution < 1.29 is 36.6 Å². The van der Waals surface area contributed by atoms with Crippen LogP contribution in [0.4, 0.5) is 13.2 Å². The van der Waals surface area contributed by atoms with Crippen LogP contribution >= 0.6 is 0 Å². The molecule has 0 amide bonds. The molecule has 188 valence electrons. The number of benzene rings is 2. The summed E-state index contributed by atoms with van der Waals surface area (Å²) in [4.78, 5) is 24.8. The molecule has 1 atom stereocenters. The average Bonchev–Trinajstić information content (AvgIpc) is 2.78. The van der Waals surface area contributed by atoms with E-state index >= 15 is 0 Å². The van der Waals surface area contributed by atoms with Gasteiger partial charge in [0.15, 0.2) is 6.61 Å². The molecule has 0 aliphatic rings. The van der Waals surface area contributed by atoms with Gasteiger partial charge in [-0.15, -0.1) is 0 Å². The molecule has 0 bridgehead atoms. The smallest absolute Gasteiger partial charge is 0.453 e. The Bertz CT molecular complexity index is 1250. The van der Waals surface area contributed by atoms with Crippen LogP contribution in [0.1, 0.15) is 52.4 Å². The van der Waals surface area contributed by atoms with Gasteiger partial charge in [0.2, 0.25) is 11.2 Å². The number of ether oxygens (including phenoxy) is 3. The molecule has 1 unspecified atom stereocenters. The molecule has 0 aliphatic heterocycles. The van der Waals surface area contributed by atoms with E-state index < -0.39 is 35.7 Å². The van der Waals surface area contributed by atoms with Gasteiger partial charge in [0.25, 0.3) is 5.76 Å². The van der Waals surface area contributed by atoms with Crippen molar-refractivity contribution in [3.63, 3.8) is 0 Å². The topological polar surface area (TPSA) is 75.0 Å². The van der Waals surface area contributed by atoms with Crippen LogP contribution in [0.3, 0.4) is 0 Å². The Labute approximate surface area is 200 Å². The molecule has 3 rings (SSSR count). The molecule has 0 aliphatic carbocycles. The molecule has 1 aromatic heterocycles. The van der Waals surface area contributed by atoms with E-state index in [1.165, 1.54) is 24.3 Å². The minimum atomic E-state index is -5.00. The van der Waals surface area contributed by atoms with E-state index in [1.54, 1.807) is 19.1 Å². The monoisotopic (exact) mass is 492 g/mol. The van der Waals surface area contributed by atoms with Crippen LogP contribution in [0.2, 0.25) is 0 Å². The molecule has 1 heterocycles. The molecule has 3 aromatic rings. The van der Waals surface area contributed by atoms with Gasteiger partial charge in [-0.05, 0) is 48.6 Å². The first kappa shape index (κ1) is 26.1. The predicted octanol–water partition coefficient (Wildman–Crippen LogP) is 6.62. The number of rotatable bonds is 7. The third-order valence-corrected chi connectivity index (χ3v) is 5.28. The van der Waals surface area contributed by atoms with Crippen molar-refractivity contribution in [1.29, 1.82) is 0 Å². The lowest BCUT2D eigenvalue weighted by Crippen LogP contribution is -2.20. The van der Waals surface area contributed by atoms with Gasteiger partial charge < -0.3 is 18.6 Å². The second kappa shape index (κ2) is 10.0. The Morgan fingerprint density at radius 3 is 2.23 bits per heavy atom. The minimum absolute atomic E-state index is 0.0429. The summed E-state index contributed by atoms with van der Waals surface area (Å²) in [6, 6.07) is 10.2. The molecular formula is C26H27F3O6. The summed E-state index contributed by atoms with van der Waals surface area (Å²) in [6.07, 6.45) is -4.67. The molecule has 0 saturated carbocycles. The number of hydrogen-bond donors (Lipinski definition) is 0. The molecular weight excluding hydrogens is 465 g/mol. The maximum atomic E-state index is 13.8. The summed E-state index contributed by atoms with van der Waals surface area (Å²) in [5.41, 5.74) is -0.554. The summed E-state index contributed by atoms with van der Waals surface area (Å²) in [5.74, 6) is -3.04. The first-order valence-electron chi connectivity index (χ1n) is 11.1. The number of carbonyl (C=O) groups is 1. The maximum Gasteiger partial charge on any atom is 0.453 e. The van der Waals surface area contributed by atoms with Crippen molar-refractivity contribution in [3.05, 3.63) is 64.0 Å². The van der Waals surface area contributed by atoms with E-state index in [9.17, 15) is 22.8 Å². The van der Waals surface area contributed by atoms with Gasteiger partial charge in [0.05, 0.1) is 11.5 Å². The lowest BCUT2D eigenvalue weighted by molar-refractivity contribution is -0.154. The molecule has 9 heteroatoms. The zero-order chi connectivity index (χ0) is 26.0. The first-order chi connectivity index (χ1) is 16.3. The van der Waals surface area contributed by atoms with Crippen LogP contribution in [-0.2, 0) is 21.1 Å².